The van der Waals surface area contributed by atoms with Crippen LogP contribution in [0.3, 0.4) is 0 Å². The van der Waals surface area contributed by atoms with Gasteiger partial charge in [-0.25, -0.2) is 8.42 Å². The Balaban J connectivity index is 1.90. The minimum Gasteiger partial charge on any atom is -0.379 e. The summed E-state index contributed by atoms with van der Waals surface area (Å²) in [4.78, 5) is 13.1. The summed E-state index contributed by atoms with van der Waals surface area (Å²) in [7, 11) is -1.90. The lowest BCUT2D eigenvalue weighted by Crippen LogP contribution is -2.40. The van der Waals surface area contributed by atoms with Crippen molar-refractivity contribution in [2.75, 3.05) is 38.3 Å². The van der Waals surface area contributed by atoms with Crippen LogP contribution in [0, 0.1) is 16.0 Å². The van der Waals surface area contributed by atoms with Crippen molar-refractivity contribution in [3.63, 3.8) is 0 Å². The molecule has 9 heteroatoms. The van der Waals surface area contributed by atoms with Crippen LogP contribution in [0.1, 0.15) is 32.6 Å². The van der Waals surface area contributed by atoms with E-state index in [0.717, 1.165) is 25.7 Å². The smallest absolute Gasteiger partial charge is 0.293 e. The Morgan fingerprint density at radius 1 is 1.19 bits per heavy atom. The summed E-state index contributed by atoms with van der Waals surface area (Å²) in [6.07, 6.45) is 4.18. The first-order chi connectivity index (χ1) is 12.8. The number of nitro groups is 1. The summed E-state index contributed by atoms with van der Waals surface area (Å²) >= 11 is 0. The Morgan fingerprint density at radius 3 is 2.41 bits per heavy atom. The van der Waals surface area contributed by atoms with Crippen molar-refractivity contribution in [3.05, 3.63) is 28.3 Å². The molecule has 2 aliphatic rings. The summed E-state index contributed by atoms with van der Waals surface area (Å²) in [6, 6.07) is 4.49. The summed E-state index contributed by atoms with van der Waals surface area (Å²) in [5.74, 6) is 0.686. The van der Waals surface area contributed by atoms with E-state index in [2.05, 4.69) is 6.92 Å². The maximum atomic E-state index is 12.8. The number of hydrogen-bond acceptors (Lipinski definition) is 6. The maximum Gasteiger partial charge on any atom is 0.293 e. The predicted octanol–water partition coefficient (Wildman–Crippen LogP) is 2.63. The molecule has 1 aromatic carbocycles. The second kappa shape index (κ2) is 8.12. The minimum absolute atomic E-state index is 0.0366. The van der Waals surface area contributed by atoms with E-state index in [1.165, 1.54) is 16.4 Å². The van der Waals surface area contributed by atoms with E-state index in [1.54, 1.807) is 6.07 Å². The van der Waals surface area contributed by atoms with Crippen LogP contribution >= 0.6 is 0 Å². The summed E-state index contributed by atoms with van der Waals surface area (Å²) in [6.45, 7) is 3.42. The molecule has 0 aromatic heterocycles. The molecule has 2 fully saturated rings. The number of ether oxygens (including phenoxy) is 1. The van der Waals surface area contributed by atoms with Gasteiger partial charge in [0.05, 0.1) is 23.0 Å². The normalized spacial score (nSPS) is 24.5. The molecule has 0 radical (unpaired) electrons. The SMILES string of the molecule is CC1CCC(N(C)c2ccc(S(=O)(=O)N3CCOCC3)cc2[N+](=O)[O-])CC1. The number of rotatable bonds is 5. The quantitative estimate of drug-likeness (QED) is 0.560. The first-order valence-electron chi connectivity index (χ1n) is 9.40. The zero-order chi connectivity index (χ0) is 19.6. The highest BCUT2D eigenvalue weighted by molar-refractivity contribution is 7.89. The lowest BCUT2D eigenvalue weighted by molar-refractivity contribution is -0.384. The first kappa shape index (κ1) is 20.0. The summed E-state index contributed by atoms with van der Waals surface area (Å²) < 4.78 is 32.1. The van der Waals surface area contributed by atoms with Gasteiger partial charge in [0.15, 0.2) is 0 Å². The Morgan fingerprint density at radius 2 is 1.81 bits per heavy atom. The van der Waals surface area contributed by atoms with Crippen molar-refractivity contribution in [3.8, 4) is 0 Å². The van der Waals surface area contributed by atoms with Crippen LogP contribution < -0.4 is 4.90 Å². The average molecular weight is 397 g/mol. The van der Waals surface area contributed by atoms with Gasteiger partial charge in [-0.1, -0.05) is 6.92 Å². The molecule has 0 spiro atoms. The lowest BCUT2D eigenvalue weighted by Gasteiger charge is -2.35. The van der Waals surface area contributed by atoms with Crippen LogP contribution in [0.5, 0.6) is 0 Å². The molecule has 0 unspecified atom stereocenters. The number of morpholine rings is 1. The largest absolute Gasteiger partial charge is 0.379 e. The van der Waals surface area contributed by atoms with Crippen molar-refractivity contribution in [2.24, 2.45) is 5.92 Å². The van der Waals surface area contributed by atoms with Gasteiger partial charge < -0.3 is 9.64 Å². The lowest BCUT2D eigenvalue weighted by atomic mass is 9.86. The number of sulfonamides is 1. The fourth-order valence-corrected chi connectivity index (χ4v) is 5.30. The van der Waals surface area contributed by atoms with Gasteiger partial charge in [0.1, 0.15) is 5.69 Å². The molecule has 0 atom stereocenters. The molecule has 8 nitrogen and oxygen atoms in total. The highest BCUT2D eigenvalue weighted by Gasteiger charge is 2.31. The minimum atomic E-state index is -3.76. The van der Waals surface area contributed by atoms with Crippen molar-refractivity contribution in [1.29, 1.82) is 0 Å². The number of anilines is 1. The van der Waals surface area contributed by atoms with Crippen molar-refractivity contribution in [1.82, 2.24) is 4.31 Å². The molecule has 1 saturated carbocycles. The van der Waals surface area contributed by atoms with Gasteiger partial charge in [0.25, 0.3) is 5.69 Å². The van der Waals surface area contributed by atoms with Crippen LogP contribution in [0.25, 0.3) is 0 Å². The molecule has 1 aliphatic heterocycles. The third-order valence-electron chi connectivity index (χ3n) is 5.66. The summed E-state index contributed by atoms with van der Waals surface area (Å²) in [5, 5.41) is 11.7. The molecule has 0 N–H and O–H groups in total. The average Bonchev–Trinajstić information content (AvgIpc) is 2.68. The van der Waals surface area contributed by atoms with E-state index < -0.39 is 14.9 Å². The van der Waals surface area contributed by atoms with Crippen molar-refractivity contribution < 1.29 is 18.1 Å². The van der Waals surface area contributed by atoms with Gasteiger partial charge in [-0.05, 0) is 43.7 Å². The Kier molecular flexibility index (Phi) is 6.02. The van der Waals surface area contributed by atoms with Gasteiger partial charge in [-0.3, -0.25) is 10.1 Å². The second-order valence-electron chi connectivity index (χ2n) is 7.45. The number of nitro benzene ring substituents is 1. The standard InChI is InChI=1S/C18H27N3O5S/c1-14-3-5-15(6-4-14)19(2)17-8-7-16(13-18(17)21(22)23)27(24,25)20-9-11-26-12-10-20/h7-8,13-15H,3-6,9-12H2,1-2H3. The Hall–Kier alpha value is -1.71. The molecule has 1 saturated heterocycles. The maximum absolute atomic E-state index is 12.8. The molecular weight excluding hydrogens is 370 g/mol. The van der Waals surface area contributed by atoms with E-state index >= 15 is 0 Å². The van der Waals surface area contributed by atoms with E-state index in [4.69, 9.17) is 4.74 Å². The van der Waals surface area contributed by atoms with Crippen LogP contribution in [0.4, 0.5) is 11.4 Å². The second-order valence-corrected chi connectivity index (χ2v) is 9.39. The molecule has 1 aliphatic carbocycles. The fraction of sp³-hybridized carbons (Fsp3) is 0.667. The van der Waals surface area contributed by atoms with Crippen LogP contribution in [-0.4, -0.2) is 57.0 Å². The van der Waals surface area contributed by atoms with Crippen molar-refractivity contribution >= 4 is 21.4 Å². The Bertz CT molecular complexity index is 784. The molecule has 27 heavy (non-hydrogen) atoms. The van der Waals surface area contributed by atoms with Crippen molar-refractivity contribution in [2.45, 2.75) is 43.5 Å². The zero-order valence-corrected chi connectivity index (χ0v) is 16.7. The number of benzene rings is 1. The van der Waals surface area contributed by atoms with Gasteiger partial charge in [-0.15, -0.1) is 0 Å². The fourth-order valence-electron chi connectivity index (χ4n) is 3.87. The molecule has 0 bridgehead atoms. The monoisotopic (exact) mass is 397 g/mol. The van der Waals surface area contributed by atoms with Gasteiger partial charge >= 0.3 is 0 Å². The predicted molar refractivity (Wildman–Crippen MR) is 102 cm³/mol. The number of hydrogen-bond donors (Lipinski definition) is 0. The van der Waals surface area contributed by atoms with Gasteiger partial charge in [-0.2, -0.15) is 4.31 Å². The topological polar surface area (TPSA) is 93.0 Å². The van der Waals surface area contributed by atoms with E-state index in [-0.39, 0.29) is 29.7 Å². The van der Waals surface area contributed by atoms with E-state index in [9.17, 15) is 18.5 Å². The van der Waals surface area contributed by atoms with E-state index in [1.807, 2.05) is 11.9 Å². The van der Waals surface area contributed by atoms with E-state index in [0.29, 0.717) is 24.8 Å². The Labute approximate surface area is 160 Å². The molecule has 0 amide bonds. The van der Waals surface area contributed by atoms with Crippen LogP contribution in [0.2, 0.25) is 0 Å². The highest BCUT2D eigenvalue weighted by atomic mass is 32.2. The third-order valence-corrected chi connectivity index (χ3v) is 7.56. The number of nitrogens with zero attached hydrogens (tertiary/aromatic N) is 3. The third kappa shape index (κ3) is 4.25. The first-order valence-corrected chi connectivity index (χ1v) is 10.8. The zero-order valence-electron chi connectivity index (χ0n) is 15.8. The molecule has 150 valence electrons. The van der Waals surface area contributed by atoms with Crippen LogP contribution in [0.15, 0.2) is 23.1 Å². The van der Waals surface area contributed by atoms with Gasteiger partial charge in [0.2, 0.25) is 10.0 Å². The molecule has 1 aromatic rings. The van der Waals surface area contributed by atoms with Gasteiger partial charge in [0, 0.05) is 32.2 Å². The summed E-state index contributed by atoms with van der Waals surface area (Å²) in [5.41, 5.74) is 0.311. The van der Waals surface area contributed by atoms with Crippen LogP contribution in [-0.2, 0) is 14.8 Å². The molecular formula is C18H27N3O5S. The highest BCUT2D eigenvalue weighted by Crippen LogP contribution is 2.36. The molecule has 3 rings (SSSR count). The molecule has 1 heterocycles.